The van der Waals surface area contributed by atoms with Gasteiger partial charge >= 0.3 is 0 Å². The van der Waals surface area contributed by atoms with Gasteiger partial charge in [0, 0.05) is 38.8 Å². The number of phenolic OH excluding ortho intramolecular Hbond substituents is 2. The van der Waals surface area contributed by atoms with Crippen LogP contribution in [0.4, 0.5) is 0 Å². The molecule has 2 N–H and O–H groups in total. The van der Waals surface area contributed by atoms with Crippen molar-refractivity contribution in [1.82, 2.24) is 0 Å². The predicted molar refractivity (Wildman–Crippen MR) is 61.3 cm³/mol. The molecule has 0 aliphatic heterocycles. The number of ketones is 1. The Morgan fingerprint density at radius 2 is 2.00 bits per heavy atom. The molecule has 2 aromatic carbocycles. The van der Waals surface area contributed by atoms with Crippen LogP contribution < -0.4 is 0 Å². The van der Waals surface area contributed by atoms with Crippen molar-refractivity contribution in [1.29, 1.82) is 0 Å². The molecule has 0 fully saturated rings. The minimum absolute atomic E-state index is 0. The summed E-state index contributed by atoms with van der Waals surface area (Å²) in [5, 5.41) is 19.2. The van der Waals surface area contributed by atoms with Crippen molar-refractivity contribution in [2.75, 3.05) is 0 Å². The molecular weight excluding hydrogens is 305 g/mol. The van der Waals surface area contributed by atoms with E-state index in [0.29, 0.717) is 17.5 Å². The van der Waals surface area contributed by atoms with E-state index in [-0.39, 0.29) is 55.6 Å². The average molecular weight is 314 g/mol. The van der Waals surface area contributed by atoms with E-state index in [9.17, 15) is 15.0 Å². The van der Waals surface area contributed by atoms with E-state index in [2.05, 4.69) is 6.07 Å². The van der Waals surface area contributed by atoms with E-state index < -0.39 is 0 Å². The van der Waals surface area contributed by atoms with Gasteiger partial charge in [-0.15, -0.1) is 5.56 Å². The van der Waals surface area contributed by atoms with E-state index in [1.165, 1.54) is 12.1 Å². The fourth-order valence-corrected chi connectivity index (χ4v) is 2.23. The Kier molecular flexibility index (Phi) is 3.55. The summed E-state index contributed by atoms with van der Waals surface area (Å²) in [5.41, 5.74) is 2.30. The van der Waals surface area contributed by atoms with Crippen LogP contribution in [0.2, 0.25) is 0 Å². The SMILES string of the molecule is O=C1c2ccc[c-]c2Cc2cc(O)cc(O)c21.[Y]. The van der Waals surface area contributed by atoms with Gasteiger partial charge in [0.05, 0.1) is 5.56 Å². The molecule has 4 heteroatoms. The second-order valence-corrected chi connectivity index (χ2v) is 4.07. The molecule has 1 radical (unpaired) electrons. The van der Waals surface area contributed by atoms with Crippen LogP contribution in [0.1, 0.15) is 27.0 Å². The Hall–Kier alpha value is -1.19. The van der Waals surface area contributed by atoms with Gasteiger partial charge in [-0.1, -0.05) is 5.56 Å². The Morgan fingerprint density at radius 1 is 1.22 bits per heavy atom. The fraction of sp³-hybridized carbons (Fsp3) is 0.0714. The van der Waals surface area contributed by atoms with E-state index in [1.807, 2.05) is 0 Å². The molecular formula is C14H9O3Y-. The zero-order valence-electron chi connectivity index (χ0n) is 9.47. The van der Waals surface area contributed by atoms with Crippen LogP contribution in [-0.4, -0.2) is 16.0 Å². The molecule has 1 aliphatic rings. The smallest absolute Gasteiger partial charge is 0.143 e. The monoisotopic (exact) mass is 314 g/mol. The first-order chi connectivity index (χ1) is 8.16. The van der Waals surface area contributed by atoms with Crippen LogP contribution >= 0.6 is 0 Å². The summed E-state index contributed by atoms with van der Waals surface area (Å²) in [6.07, 6.45) is 0.499. The first kappa shape index (κ1) is 13.3. The zero-order valence-corrected chi connectivity index (χ0v) is 12.3. The van der Waals surface area contributed by atoms with Gasteiger partial charge in [-0.2, -0.15) is 24.3 Å². The summed E-state index contributed by atoms with van der Waals surface area (Å²) >= 11 is 0. The van der Waals surface area contributed by atoms with Gasteiger partial charge in [0.2, 0.25) is 0 Å². The molecule has 0 atom stereocenters. The van der Waals surface area contributed by atoms with Crippen molar-refractivity contribution in [2.45, 2.75) is 6.42 Å². The van der Waals surface area contributed by atoms with E-state index in [1.54, 1.807) is 18.2 Å². The largest absolute Gasteiger partial charge is 0.508 e. The molecule has 0 bridgehead atoms. The number of benzene rings is 2. The standard InChI is InChI=1S/C14H9O3.Y/c15-10-6-9-5-8-3-1-2-4-11(8)14(17)13(9)12(16)7-10;/h1-2,4,6-7,15-16H,5H2;/q-1;. The number of carbonyl (C=O) groups is 1. The van der Waals surface area contributed by atoms with Gasteiger partial charge in [-0.25, -0.2) is 0 Å². The third kappa shape index (κ3) is 1.98. The third-order valence-electron chi connectivity index (χ3n) is 2.96. The molecule has 0 aromatic heterocycles. The molecule has 0 saturated carbocycles. The Bertz CT molecular complexity index is 635. The molecule has 87 valence electrons. The summed E-state index contributed by atoms with van der Waals surface area (Å²) in [7, 11) is 0. The molecule has 1 aliphatic carbocycles. The number of aromatic hydroxyl groups is 2. The molecule has 2 aromatic rings. The van der Waals surface area contributed by atoms with Crippen LogP contribution in [0.25, 0.3) is 0 Å². The topological polar surface area (TPSA) is 57.5 Å². The maximum Gasteiger partial charge on any atom is 0.143 e. The van der Waals surface area contributed by atoms with Gasteiger partial charge in [0.25, 0.3) is 0 Å². The van der Waals surface area contributed by atoms with E-state index >= 15 is 0 Å². The van der Waals surface area contributed by atoms with Crippen molar-refractivity contribution in [3.63, 3.8) is 0 Å². The predicted octanol–water partition coefficient (Wildman–Crippen LogP) is 2.03. The average Bonchev–Trinajstić information content (AvgIpc) is 2.28. The molecule has 0 unspecified atom stereocenters. The number of phenols is 2. The summed E-state index contributed by atoms with van der Waals surface area (Å²) in [6.45, 7) is 0. The van der Waals surface area contributed by atoms with Gasteiger partial charge < -0.3 is 15.0 Å². The van der Waals surface area contributed by atoms with Crippen molar-refractivity contribution < 1.29 is 47.7 Å². The zero-order chi connectivity index (χ0) is 12.0. The second kappa shape index (κ2) is 4.83. The Labute approximate surface area is 129 Å². The van der Waals surface area contributed by atoms with Crippen molar-refractivity contribution in [3.05, 3.63) is 58.7 Å². The number of rotatable bonds is 0. The van der Waals surface area contributed by atoms with Crippen LogP contribution in [-0.2, 0) is 39.1 Å². The first-order valence-corrected chi connectivity index (χ1v) is 5.26. The molecule has 18 heavy (non-hydrogen) atoms. The van der Waals surface area contributed by atoms with Crippen LogP contribution in [0, 0.1) is 6.07 Å². The summed E-state index contributed by atoms with van der Waals surface area (Å²) in [5.74, 6) is -0.413. The quantitative estimate of drug-likeness (QED) is 0.624. The normalized spacial score (nSPS) is 12.3. The minimum Gasteiger partial charge on any atom is -0.508 e. The van der Waals surface area contributed by atoms with Crippen LogP contribution in [0.5, 0.6) is 11.5 Å². The van der Waals surface area contributed by atoms with Crippen molar-refractivity contribution >= 4 is 5.78 Å². The fourth-order valence-electron chi connectivity index (χ4n) is 2.23. The van der Waals surface area contributed by atoms with Crippen molar-refractivity contribution in [2.24, 2.45) is 0 Å². The Balaban J connectivity index is 0.00000120. The molecule has 3 nitrogen and oxygen atoms in total. The first-order valence-electron chi connectivity index (χ1n) is 5.26. The van der Waals surface area contributed by atoms with Crippen molar-refractivity contribution in [3.8, 4) is 11.5 Å². The Morgan fingerprint density at radius 3 is 2.78 bits per heavy atom. The molecule has 0 heterocycles. The number of hydrogen-bond acceptors (Lipinski definition) is 3. The summed E-state index contributed by atoms with van der Waals surface area (Å²) in [4.78, 5) is 12.2. The third-order valence-corrected chi connectivity index (χ3v) is 2.96. The van der Waals surface area contributed by atoms with Gasteiger partial charge in [-0.05, 0) is 18.1 Å². The van der Waals surface area contributed by atoms with Gasteiger partial charge in [0.1, 0.15) is 17.3 Å². The maximum atomic E-state index is 12.2. The molecule has 0 spiro atoms. The van der Waals surface area contributed by atoms with E-state index in [4.69, 9.17) is 0 Å². The minimum atomic E-state index is -0.212. The summed E-state index contributed by atoms with van der Waals surface area (Å²) < 4.78 is 0. The summed E-state index contributed by atoms with van der Waals surface area (Å²) in [6, 6.07) is 10.9. The number of fused-ring (bicyclic) bond motifs is 2. The maximum absolute atomic E-state index is 12.2. The molecule has 3 rings (SSSR count). The molecule has 0 saturated heterocycles. The van der Waals surface area contributed by atoms with E-state index in [0.717, 1.165) is 5.56 Å². The number of carbonyl (C=O) groups excluding carboxylic acids is 1. The second-order valence-electron chi connectivity index (χ2n) is 4.07. The number of hydrogen-bond donors (Lipinski definition) is 2. The van der Waals surface area contributed by atoms with Gasteiger partial charge in [0.15, 0.2) is 0 Å². The van der Waals surface area contributed by atoms with Gasteiger partial charge in [-0.3, -0.25) is 0 Å². The van der Waals surface area contributed by atoms with Crippen LogP contribution in [0.15, 0.2) is 30.3 Å². The van der Waals surface area contributed by atoms with Crippen LogP contribution in [0.3, 0.4) is 0 Å². The molecule has 0 amide bonds.